The summed E-state index contributed by atoms with van der Waals surface area (Å²) in [5.41, 5.74) is 8.75. The number of nitrogens with two attached hydrogens (primary N) is 2. The summed E-state index contributed by atoms with van der Waals surface area (Å²) in [5.74, 6) is 8.39. The summed E-state index contributed by atoms with van der Waals surface area (Å²) in [4.78, 5) is 44.0. The third-order valence-corrected chi connectivity index (χ3v) is 8.49. The van der Waals surface area contributed by atoms with E-state index in [4.69, 9.17) is 32.7 Å². The molecule has 4 rings (SSSR count). The van der Waals surface area contributed by atoms with Gasteiger partial charge in [-0.1, -0.05) is 49.2 Å². The number of halogens is 1. The molecule has 3 aromatic rings. The van der Waals surface area contributed by atoms with E-state index in [1.165, 1.54) is 23.5 Å². The lowest BCUT2D eigenvalue weighted by atomic mass is 10.0. The number of piperazine rings is 1. The second kappa shape index (κ2) is 22.2. The molecule has 1 amide bonds. The van der Waals surface area contributed by atoms with Crippen molar-refractivity contribution in [3.63, 3.8) is 0 Å². The molecule has 0 bridgehead atoms. The van der Waals surface area contributed by atoms with Crippen molar-refractivity contribution in [1.82, 2.24) is 14.8 Å². The van der Waals surface area contributed by atoms with Gasteiger partial charge < -0.3 is 25.1 Å². The largest absolute Gasteiger partial charge is 0.489 e. The van der Waals surface area contributed by atoms with Crippen LogP contribution in [0.1, 0.15) is 59.9 Å². The molecule has 12 heteroatoms. The van der Waals surface area contributed by atoms with Crippen molar-refractivity contribution in [1.29, 1.82) is 0 Å². The molecular formula is C41H53ClN6O5. The SMILES string of the molecule is CCC/C=C(\CN1CCN(C)CC1)N(C(=O)c1ccccc1C)c1cc(C(=O)CN(N)/C=C\N)ccc1OC(C)C.O=C=CCOc1ccc(Cl)cc1. The Morgan fingerprint density at radius 1 is 1.04 bits per heavy atom. The fraction of sp³-hybridized carbons (Fsp3) is 0.366. The van der Waals surface area contributed by atoms with Gasteiger partial charge in [-0.3, -0.25) is 19.4 Å². The van der Waals surface area contributed by atoms with Gasteiger partial charge in [0.25, 0.3) is 5.91 Å². The molecule has 1 heterocycles. The normalized spacial score (nSPS) is 13.5. The molecule has 0 unspecified atom stereocenters. The Balaban J connectivity index is 0.000000533. The molecule has 1 fully saturated rings. The van der Waals surface area contributed by atoms with E-state index in [1.807, 2.05) is 45.0 Å². The Hall–Kier alpha value is -4.90. The third kappa shape index (κ3) is 13.9. The summed E-state index contributed by atoms with van der Waals surface area (Å²) in [6.07, 6.45) is 7.75. The molecule has 0 radical (unpaired) electrons. The molecule has 0 atom stereocenters. The molecule has 1 saturated heterocycles. The van der Waals surface area contributed by atoms with Gasteiger partial charge in [0.05, 0.1) is 18.3 Å². The second-order valence-corrected chi connectivity index (χ2v) is 13.3. The number of hydrogen-bond donors (Lipinski definition) is 2. The van der Waals surface area contributed by atoms with Crippen LogP contribution >= 0.6 is 11.6 Å². The van der Waals surface area contributed by atoms with Gasteiger partial charge in [-0.25, -0.2) is 10.6 Å². The van der Waals surface area contributed by atoms with Crippen LogP contribution in [0, 0.1) is 6.92 Å². The van der Waals surface area contributed by atoms with E-state index < -0.39 is 0 Å². The fourth-order valence-electron chi connectivity index (χ4n) is 5.44. The van der Waals surface area contributed by atoms with Gasteiger partial charge in [-0.15, -0.1) is 0 Å². The maximum Gasteiger partial charge on any atom is 0.263 e. The van der Waals surface area contributed by atoms with Crippen molar-refractivity contribution >= 4 is 34.9 Å². The molecule has 4 N–H and O–H groups in total. The fourth-order valence-corrected chi connectivity index (χ4v) is 5.57. The van der Waals surface area contributed by atoms with Gasteiger partial charge in [0.15, 0.2) is 5.78 Å². The number of anilines is 1. The number of benzene rings is 3. The molecule has 284 valence electrons. The molecule has 3 aromatic carbocycles. The number of likely N-dealkylation sites (N-methyl/N-ethyl adjacent to an activating group) is 1. The summed E-state index contributed by atoms with van der Waals surface area (Å²) < 4.78 is 11.4. The van der Waals surface area contributed by atoms with Crippen molar-refractivity contribution in [3.05, 3.63) is 119 Å². The predicted octanol–water partition coefficient (Wildman–Crippen LogP) is 6.26. The summed E-state index contributed by atoms with van der Waals surface area (Å²) in [6.45, 7) is 12.5. The Bertz CT molecular complexity index is 1730. The smallest absolute Gasteiger partial charge is 0.263 e. The summed E-state index contributed by atoms with van der Waals surface area (Å²) in [6, 6.07) is 19.7. The molecular weight excluding hydrogens is 692 g/mol. The van der Waals surface area contributed by atoms with E-state index in [1.54, 1.807) is 53.3 Å². The monoisotopic (exact) mass is 744 g/mol. The van der Waals surface area contributed by atoms with E-state index >= 15 is 0 Å². The van der Waals surface area contributed by atoms with Gasteiger partial charge in [0.2, 0.25) is 0 Å². The number of unbranched alkanes of at least 4 members (excludes halogenated alkanes) is 1. The first-order chi connectivity index (χ1) is 25.5. The van der Waals surface area contributed by atoms with Crippen molar-refractivity contribution in [2.75, 3.05) is 57.8 Å². The number of carbonyl (C=O) groups excluding carboxylic acids is 3. The first-order valence-corrected chi connectivity index (χ1v) is 18.2. The predicted molar refractivity (Wildman–Crippen MR) is 213 cm³/mol. The van der Waals surface area contributed by atoms with Crippen LogP contribution in [-0.4, -0.2) is 91.5 Å². The Morgan fingerprint density at radius 2 is 1.74 bits per heavy atom. The van der Waals surface area contributed by atoms with Crippen LogP contribution in [0.4, 0.5) is 5.69 Å². The minimum absolute atomic E-state index is 0.0664. The number of hydrazine groups is 1. The number of ketones is 1. The molecule has 0 saturated carbocycles. The van der Waals surface area contributed by atoms with Crippen LogP contribution in [0.2, 0.25) is 5.02 Å². The van der Waals surface area contributed by atoms with E-state index in [2.05, 4.69) is 29.8 Å². The topological polar surface area (TPSA) is 135 Å². The Morgan fingerprint density at radius 3 is 2.36 bits per heavy atom. The number of carbonyl (C=O) groups is 2. The molecule has 0 aromatic heterocycles. The highest BCUT2D eigenvalue weighted by Crippen LogP contribution is 2.35. The number of aryl methyl sites for hydroxylation is 1. The number of nitrogens with zero attached hydrogens (tertiary/aromatic N) is 4. The lowest BCUT2D eigenvalue weighted by molar-refractivity contribution is 0.0952. The van der Waals surface area contributed by atoms with Gasteiger partial charge in [0, 0.05) is 73.0 Å². The van der Waals surface area contributed by atoms with Crippen LogP contribution in [0.5, 0.6) is 11.5 Å². The molecule has 11 nitrogen and oxygen atoms in total. The maximum absolute atomic E-state index is 14.5. The maximum atomic E-state index is 14.5. The van der Waals surface area contributed by atoms with Crippen LogP contribution in [-0.2, 0) is 4.79 Å². The van der Waals surface area contributed by atoms with E-state index in [-0.39, 0.29) is 30.9 Å². The van der Waals surface area contributed by atoms with Crippen molar-refractivity contribution < 1.29 is 23.9 Å². The Kier molecular flexibility index (Phi) is 17.8. The minimum atomic E-state index is -0.204. The number of allylic oxidation sites excluding steroid dienone is 1. The van der Waals surface area contributed by atoms with Gasteiger partial charge in [-0.05, 0) is 88.3 Å². The summed E-state index contributed by atoms with van der Waals surface area (Å²) >= 11 is 5.65. The zero-order valence-corrected chi connectivity index (χ0v) is 32.2. The van der Waals surface area contributed by atoms with E-state index in [9.17, 15) is 14.4 Å². The lowest BCUT2D eigenvalue weighted by Gasteiger charge is -2.36. The van der Waals surface area contributed by atoms with Gasteiger partial charge >= 0.3 is 0 Å². The highest BCUT2D eigenvalue weighted by atomic mass is 35.5. The standard InChI is InChI=1S/C32H46N6O3.C9H7ClO2/c1-6-7-11-27(22-36-19-17-35(5)18-20-36)38(32(40)28-12-9-8-10-25(28)4)29-21-26(13-14-31(29)41-24(2)3)30(39)23-37(34)16-15-33;10-8-2-4-9(5-3-8)12-7-1-6-11/h8-16,21,24H,6-7,17-20,22-23,33-34H2,1-5H3;1-5H,7H2/b16-15-,27-11+;. The quantitative estimate of drug-likeness (QED) is 0.0750. The van der Waals surface area contributed by atoms with Gasteiger partial charge in [-0.2, -0.15) is 0 Å². The zero-order chi connectivity index (χ0) is 38.8. The number of Topliss-reactive ketones (excluding diaryl/α,β-unsaturated/α-hetero) is 1. The van der Waals surface area contributed by atoms with Crippen LogP contribution in [0.3, 0.4) is 0 Å². The highest BCUT2D eigenvalue weighted by molar-refractivity contribution is 6.30. The van der Waals surface area contributed by atoms with Crippen LogP contribution in [0.15, 0.2) is 97.0 Å². The number of rotatable bonds is 16. The first-order valence-electron chi connectivity index (χ1n) is 17.8. The number of ether oxygens (including phenoxy) is 2. The second-order valence-electron chi connectivity index (χ2n) is 12.9. The van der Waals surface area contributed by atoms with Crippen molar-refractivity contribution in [2.24, 2.45) is 11.6 Å². The average molecular weight is 745 g/mol. The first kappa shape index (κ1) is 42.5. The van der Waals surface area contributed by atoms with Gasteiger partial charge in [0.1, 0.15) is 24.0 Å². The van der Waals surface area contributed by atoms with Crippen LogP contribution < -0.4 is 25.9 Å². The number of amides is 1. The minimum Gasteiger partial charge on any atom is -0.489 e. The summed E-state index contributed by atoms with van der Waals surface area (Å²) in [5, 5.41) is 1.89. The average Bonchev–Trinajstić information content (AvgIpc) is 3.13. The summed E-state index contributed by atoms with van der Waals surface area (Å²) in [7, 11) is 2.13. The molecule has 53 heavy (non-hydrogen) atoms. The van der Waals surface area contributed by atoms with Crippen molar-refractivity contribution in [3.8, 4) is 11.5 Å². The molecule has 0 spiro atoms. The molecule has 1 aliphatic heterocycles. The van der Waals surface area contributed by atoms with Crippen molar-refractivity contribution in [2.45, 2.75) is 46.6 Å². The zero-order valence-electron chi connectivity index (χ0n) is 31.5. The molecule has 0 aliphatic carbocycles. The van der Waals surface area contributed by atoms with E-state index in [0.717, 1.165) is 50.3 Å². The van der Waals surface area contributed by atoms with Crippen LogP contribution in [0.25, 0.3) is 0 Å². The molecule has 1 aliphatic rings. The Labute approximate surface area is 319 Å². The van der Waals surface area contributed by atoms with E-state index in [0.29, 0.717) is 39.9 Å². The number of hydrogen-bond acceptors (Lipinski definition) is 10. The highest BCUT2D eigenvalue weighted by Gasteiger charge is 2.29. The lowest BCUT2D eigenvalue weighted by Crippen LogP contribution is -2.47. The third-order valence-electron chi connectivity index (χ3n) is 8.23.